The van der Waals surface area contributed by atoms with Crippen molar-refractivity contribution in [2.75, 3.05) is 18.9 Å². The highest BCUT2D eigenvalue weighted by Gasteiger charge is 2.21. The Morgan fingerprint density at radius 2 is 1.83 bits per heavy atom. The molecule has 1 aromatic heterocycles. The van der Waals surface area contributed by atoms with E-state index in [0.717, 1.165) is 0 Å². The summed E-state index contributed by atoms with van der Waals surface area (Å²) in [5, 5.41) is 4.43. The van der Waals surface area contributed by atoms with Crippen LogP contribution < -0.4 is 10.1 Å². The molecule has 1 heterocycles. The number of para-hydroxylation sites is 1. The molecule has 0 unspecified atom stereocenters. The Labute approximate surface area is 188 Å². The SMILES string of the molecule is Cc1nc(COc2ccc(Cl)cc2)sc1C(=O)N(C)CC(=O)Nc1ccccc1Cl. The molecule has 0 saturated heterocycles. The van der Waals surface area contributed by atoms with Crippen molar-refractivity contribution in [2.45, 2.75) is 13.5 Å². The maximum Gasteiger partial charge on any atom is 0.266 e. The standard InChI is InChI=1S/C21H19Cl2N3O3S/c1-13-20(30-19(24-13)12-29-15-9-7-14(22)8-10-15)21(28)26(2)11-18(27)25-17-6-4-3-5-16(17)23/h3-10H,11-12H2,1-2H3,(H,25,27). The molecule has 0 aliphatic carbocycles. The van der Waals surface area contributed by atoms with E-state index in [1.807, 2.05) is 0 Å². The zero-order valence-corrected chi connectivity index (χ0v) is 18.6. The van der Waals surface area contributed by atoms with Crippen molar-refractivity contribution in [1.82, 2.24) is 9.88 Å². The molecule has 2 aromatic carbocycles. The Kier molecular flexibility index (Phi) is 7.31. The van der Waals surface area contributed by atoms with Crippen LogP contribution in [0.1, 0.15) is 20.4 Å². The highest BCUT2D eigenvalue weighted by molar-refractivity contribution is 7.13. The summed E-state index contributed by atoms with van der Waals surface area (Å²) in [5.41, 5.74) is 1.10. The van der Waals surface area contributed by atoms with Gasteiger partial charge in [0.25, 0.3) is 5.91 Å². The fraction of sp³-hybridized carbons (Fsp3) is 0.190. The van der Waals surface area contributed by atoms with Gasteiger partial charge in [0.2, 0.25) is 5.91 Å². The normalized spacial score (nSPS) is 10.5. The topological polar surface area (TPSA) is 71.5 Å². The third kappa shape index (κ3) is 5.72. The van der Waals surface area contributed by atoms with Crippen LogP contribution in [0.15, 0.2) is 48.5 Å². The minimum atomic E-state index is -0.340. The van der Waals surface area contributed by atoms with Gasteiger partial charge in [0, 0.05) is 12.1 Å². The Morgan fingerprint density at radius 3 is 2.53 bits per heavy atom. The minimum Gasteiger partial charge on any atom is -0.486 e. The summed E-state index contributed by atoms with van der Waals surface area (Å²) in [5.74, 6) is 0.0398. The van der Waals surface area contributed by atoms with Crippen molar-refractivity contribution in [3.05, 3.63) is 74.2 Å². The van der Waals surface area contributed by atoms with Crippen LogP contribution in [0.3, 0.4) is 0 Å². The fourth-order valence-corrected chi connectivity index (χ4v) is 3.88. The molecule has 0 aliphatic heterocycles. The van der Waals surface area contributed by atoms with Crippen molar-refractivity contribution in [3.63, 3.8) is 0 Å². The maximum atomic E-state index is 12.8. The number of nitrogens with zero attached hydrogens (tertiary/aromatic N) is 2. The largest absolute Gasteiger partial charge is 0.486 e. The van der Waals surface area contributed by atoms with Crippen molar-refractivity contribution >= 4 is 52.0 Å². The van der Waals surface area contributed by atoms with Gasteiger partial charge in [-0.05, 0) is 43.3 Å². The fourth-order valence-electron chi connectivity index (χ4n) is 2.60. The number of ether oxygens (including phenoxy) is 1. The van der Waals surface area contributed by atoms with Gasteiger partial charge in [0.1, 0.15) is 22.2 Å². The lowest BCUT2D eigenvalue weighted by Crippen LogP contribution is -2.34. The van der Waals surface area contributed by atoms with Gasteiger partial charge in [-0.15, -0.1) is 11.3 Å². The summed E-state index contributed by atoms with van der Waals surface area (Å²) in [6.07, 6.45) is 0. The van der Waals surface area contributed by atoms with E-state index in [1.165, 1.54) is 16.2 Å². The number of hydrogen-bond donors (Lipinski definition) is 1. The van der Waals surface area contributed by atoms with Crippen LogP contribution in [0.4, 0.5) is 5.69 Å². The number of amides is 2. The first-order valence-corrected chi connectivity index (χ1v) is 10.5. The Hall–Kier alpha value is -2.61. The Balaban J connectivity index is 1.59. The van der Waals surface area contributed by atoms with Crippen LogP contribution in [0.2, 0.25) is 10.0 Å². The molecule has 1 N–H and O–H groups in total. The zero-order valence-electron chi connectivity index (χ0n) is 16.3. The van der Waals surface area contributed by atoms with Gasteiger partial charge in [-0.25, -0.2) is 4.98 Å². The van der Waals surface area contributed by atoms with Crippen LogP contribution in [-0.2, 0) is 11.4 Å². The van der Waals surface area contributed by atoms with Crippen LogP contribution in [0.25, 0.3) is 0 Å². The van der Waals surface area contributed by atoms with E-state index < -0.39 is 0 Å². The van der Waals surface area contributed by atoms with Crippen LogP contribution >= 0.6 is 34.5 Å². The Morgan fingerprint density at radius 1 is 1.13 bits per heavy atom. The quantitative estimate of drug-likeness (QED) is 0.532. The molecular formula is C21H19Cl2N3O3S. The van der Waals surface area contributed by atoms with E-state index in [-0.39, 0.29) is 25.0 Å². The van der Waals surface area contributed by atoms with Crippen molar-refractivity contribution < 1.29 is 14.3 Å². The average Bonchev–Trinajstić information content (AvgIpc) is 3.09. The lowest BCUT2D eigenvalue weighted by atomic mass is 10.3. The Bertz CT molecular complexity index is 1050. The monoisotopic (exact) mass is 463 g/mol. The number of likely N-dealkylation sites (N-methyl/N-ethyl adjacent to an activating group) is 1. The molecule has 3 rings (SSSR count). The third-order valence-corrected chi connectivity index (χ3v) is 5.79. The molecule has 30 heavy (non-hydrogen) atoms. The van der Waals surface area contributed by atoms with Crippen molar-refractivity contribution in [3.8, 4) is 5.75 Å². The first kappa shape index (κ1) is 22.1. The molecule has 2 amide bonds. The molecule has 9 heteroatoms. The first-order chi connectivity index (χ1) is 14.3. The van der Waals surface area contributed by atoms with Gasteiger partial charge in [0.05, 0.1) is 22.9 Å². The van der Waals surface area contributed by atoms with Crippen LogP contribution in [0.5, 0.6) is 5.75 Å². The molecule has 3 aromatic rings. The van der Waals surface area contributed by atoms with Crippen molar-refractivity contribution in [1.29, 1.82) is 0 Å². The van der Waals surface area contributed by atoms with Gasteiger partial charge in [-0.3, -0.25) is 9.59 Å². The summed E-state index contributed by atoms with van der Waals surface area (Å²) in [4.78, 5) is 31.3. The second-order valence-electron chi connectivity index (χ2n) is 6.45. The summed E-state index contributed by atoms with van der Waals surface area (Å²) in [6.45, 7) is 1.88. The molecule has 0 fully saturated rings. The van der Waals surface area contributed by atoms with Gasteiger partial charge in [0.15, 0.2) is 0 Å². The van der Waals surface area contributed by atoms with Gasteiger partial charge in [-0.2, -0.15) is 0 Å². The molecule has 0 atom stereocenters. The van der Waals surface area contributed by atoms with Crippen LogP contribution in [0, 0.1) is 6.92 Å². The van der Waals surface area contributed by atoms with Crippen LogP contribution in [-0.4, -0.2) is 35.3 Å². The van der Waals surface area contributed by atoms with E-state index in [9.17, 15) is 9.59 Å². The van der Waals surface area contributed by atoms with E-state index in [2.05, 4.69) is 10.3 Å². The average molecular weight is 464 g/mol. The molecule has 0 aliphatic rings. The highest BCUT2D eigenvalue weighted by Crippen LogP contribution is 2.23. The molecule has 0 saturated carbocycles. The molecule has 156 valence electrons. The first-order valence-electron chi connectivity index (χ1n) is 8.98. The smallest absolute Gasteiger partial charge is 0.266 e. The number of carbonyl (C=O) groups is 2. The summed E-state index contributed by atoms with van der Waals surface area (Å²) in [7, 11) is 1.57. The molecule has 6 nitrogen and oxygen atoms in total. The number of anilines is 1. The van der Waals surface area contributed by atoms with E-state index in [1.54, 1.807) is 62.5 Å². The zero-order chi connectivity index (χ0) is 21.7. The number of rotatable bonds is 7. The number of nitrogens with one attached hydrogen (secondary N) is 1. The lowest BCUT2D eigenvalue weighted by Gasteiger charge is -2.16. The lowest BCUT2D eigenvalue weighted by molar-refractivity contribution is -0.116. The van der Waals surface area contributed by atoms with Gasteiger partial charge >= 0.3 is 0 Å². The number of hydrogen-bond acceptors (Lipinski definition) is 5. The molecule has 0 radical (unpaired) electrons. The number of thiazole rings is 1. The second kappa shape index (κ2) is 9.93. The predicted octanol–water partition coefficient (Wildman–Crippen LogP) is 5.05. The summed E-state index contributed by atoms with van der Waals surface area (Å²) >= 11 is 13.2. The number of halogens is 2. The minimum absolute atomic E-state index is 0.113. The molecular weight excluding hydrogens is 445 g/mol. The van der Waals surface area contributed by atoms with Crippen molar-refractivity contribution in [2.24, 2.45) is 0 Å². The van der Waals surface area contributed by atoms with Gasteiger partial charge in [-0.1, -0.05) is 35.3 Å². The number of carbonyl (C=O) groups excluding carboxylic acids is 2. The predicted molar refractivity (Wildman–Crippen MR) is 120 cm³/mol. The maximum absolute atomic E-state index is 12.8. The van der Waals surface area contributed by atoms with E-state index in [4.69, 9.17) is 27.9 Å². The van der Waals surface area contributed by atoms with E-state index >= 15 is 0 Å². The number of aromatic nitrogens is 1. The number of aryl methyl sites for hydroxylation is 1. The molecule has 0 bridgehead atoms. The summed E-state index contributed by atoms with van der Waals surface area (Å²) in [6, 6.07) is 13.9. The molecule has 0 spiro atoms. The number of benzene rings is 2. The summed E-state index contributed by atoms with van der Waals surface area (Å²) < 4.78 is 5.69. The third-order valence-electron chi connectivity index (χ3n) is 4.09. The second-order valence-corrected chi connectivity index (χ2v) is 8.38. The van der Waals surface area contributed by atoms with E-state index in [0.29, 0.717) is 37.1 Å². The van der Waals surface area contributed by atoms with Gasteiger partial charge < -0.3 is 15.0 Å². The highest BCUT2D eigenvalue weighted by atomic mass is 35.5.